The Morgan fingerprint density at radius 1 is 0.975 bits per heavy atom. The summed E-state index contributed by atoms with van der Waals surface area (Å²) in [6, 6.07) is 17.1. The van der Waals surface area contributed by atoms with Crippen LogP contribution in [0.15, 0.2) is 71.6 Å². The van der Waals surface area contributed by atoms with Gasteiger partial charge in [0.1, 0.15) is 24.1 Å². The molecule has 40 heavy (non-hydrogen) atoms. The average molecular weight is 588 g/mol. The number of ether oxygens (including phenoxy) is 2. The summed E-state index contributed by atoms with van der Waals surface area (Å²) in [6.45, 7) is 3.10. The average Bonchev–Trinajstić information content (AvgIpc) is 2.96. The summed E-state index contributed by atoms with van der Waals surface area (Å²) >= 11 is 6.04. The number of nitrogens with one attached hydrogen (secondary N) is 1. The zero-order chi connectivity index (χ0) is 29.4. The molecule has 0 saturated heterocycles. The Bertz CT molecular complexity index is 1430. The van der Waals surface area contributed by atoms with Crippen LogP contribution in [0.2, 0.25) is 5.02 Å². The van der Waals surface area contributed by atoms with Crippen molar-refractivity contribution >= 4 is 39.1 Å². The van der Waals surface area contributed by atoms with Crippen molar-refractivity contribution in [2.45, 2.75) is 37.8 Å². The van der Waals surface area contributed by atoms with Crippen molar-refractivity contribution in [2.75, 3.05) is 32.1 Å². The molecule has 0 aliphatic heterocycles. The molecule has 214 valence electrons. The molecule has 0 aliphatic rings. The summed E-state index contributed by atoms with van der Waals surface area (Å²) in [5.41, 5.74) is 1.73. The van der Waals surface area contributed by atoms with E-state index in [0.29, 0.717) is 17.2 Å². The van der Waals surface area contributed by atoms with E-state index in [2.05, 4.69) is 5.32 Å². The number of halogens is 1. The van der Waals surface area contributed by atoms with E-state index in [-0.39, 0.29) is 28.8 Å². The van der Waals surface area contributed by atoms with Gasteiger partial charge in [-0.15, -0.1) is 0 Å². The number of aryl methyl sites for hydroxylation is 1. The third kappa shape index (κ3) is 7.05. The normalized spacial score (nSPS) is 11.8. The zero-order valence-electron chi connectivity index (χ0n) is 23.2. The third-order valence-corrected chi connectivity index (χ3v) is 8.47. The number of benzene rings is 3. The predicted molar refractivity (Wildman–Crippen MR) is 155 cm³/mol. The molecule has 1 atom stereocenters. The lowest BCUT2D eigenvalue weighted by Gasteiger charge is -2.33. The number of likely N-dealkylation sites (N-methyl/N-ethyl adjacent to an activating group) is 1. The quantitative estimate of drug-likeness (QED) is 0.336. The molecule has 0 aliphatic carbocycles. The van der Waals surface area contributed by atoms with Crippen LogP contribution in [-0.2, 0) is 26.2 Å². The number of amides is 2. The Labute approximate surface area is 240 Å². The molecule has 9 nitrogen and oxygen atoms in total. The maximum Gasteiger partial charge on any atom is 0.264 e. The van der Waals surface area contributed by atoms with Crippen molar-refractivity contribution in [3.63, 3.8) is 0 Å². The lowest BCUT2D eigenvalue weighted by Crippen LogP contribution is -2.51. The van der Waals surface area contributed by atoms with Gasteiger partial charge in [0.05, 0.1) is 24.8 Å². The van der Waals surface area contributed by atoms with Crippen LogP contribution in [0.3, 0.4) is 0 Å². The first kappa shape index (κ1) is 30.8. The first-order chi connectivity index (χ1) is 19.0. The predicted octanol–water partition coefficient (Wildman–Crippen LogP) is 4.41. The molecule has 0 saturated carbocycles. The fourth-order valence-electron chi connectivity index (χ4n) is 4.22. The van der Waals surface area contributed by atoms with Gasteiger partial charge in [-0.25, -0.2) is 8.42 Å². The van der Waals surface area contributed by atoms with E-state index in [4.69, 9.17) is 21.1 Å². The van der Waals surface area contributed by atoms with Crippen molar-refractivity contribution < 1.29 is 27.5 Å². The molecular weight excluding hydrogens is 554 g/mol. The van der Waals surface area contributed by atoms with Gasteiger partial charge in [-0.05, 0) is 55.3 Å². The molecule has 0 heterocycles. The second-order valence-corrected chi connectivity index (χ2v) is 11.3. The molecule has 0 bridgehead atoms. The van der Waals surface area contributed by atoms with Crippen LogP contribution in [0.5, 0.6) is 11.5 Å². The van der Waals surface area contributed by atoms with Crippen molar-refractivity contribution in [3.05, 3.63) is 82.9 Å². The minimum Gasteiger partial charge on any atom is -0.497 e. The first-order valence-corrected chi connectivity index (χ1v) is 14.4. The van der Waals surface area contributed by atoms with Crippen LogP contribution in [0, 0.1) is 6.92 Å². The van der Waals surface area contributed by atoms with E-state index in [1.54, 1.807) is 55.5 Å². The molecule has 0 unspecified atom stereocenters. The van der Waals surface area contributed by atoms with E-state index >= 15 is 0 Å². The molecule has 3 aromatic carbocycles. The lowest BCUT2D eigenvalue weighted by atomic mass is 10.1. The molecule has 0 aromatic heterocycles. The number of sulfonamides is 1. The Kier molecular flexibility index (Phi) is 10.4. The van der Waals surface area contributed by atoms with Gasteiger partial charge < -0.3 is 19.7 Å². The second-order valence-electron chi connectivity index (χ2n) is 9.05. The van der Waals surface area contributed by atoms with Crippen LogP contribution in [-0.4, -0.2) is 59.0 Å². The van der Waals surface area contributed by atoms with Gasteiger partial charge >= 0.3 is 0 Å². The van der Waals surface area contributed by atoms with E-state index in [1.165, 1.54) is 44.4 Å². The fourth-order valence-corrected chi connectivity index (χ4v) is 5.76. The number of carbonyl (C=O) groups excluding carboxylic acids is 2. The molecule has 0 radical (unpaired) electrons. The zero-order valence-corrected chi connectivity index (χ0v) is 24.8. The third-order valence-electron chi connectivity index (χ3n) is 6.44. The molecule has 0 fully saturated rings. The molecule has 3 rings (SSSR count). The molecule has 0 spiro atoms. The first-order valence-electron chi connectivity index (χ1n) is 12.6. The maximum absolute atomic E-state index is 14.1. The summed E-state index contributed by atoms with van der Waals surface area (Å²) in [5, 5.41) is 3.13. The van der Waals surface area contributed by atoms with Crippen molar-refractivity contribution in [2.24, 2.45) is 0 Å². The molecular formula is C29H34ClN3O6S. The van der Waals surface area contributed by atoms with Gasteiger partial charge in [-0.3, -0.25) is 13.9 Å². The number of methoxy groups -OCH3 is 2. The van der Waals surface area contributed by atoms with Gasteiger partial charge in [0.2, 0.25) is 11.8 Å². The SMILES string of the molecule is CC[C@@H](C(=O)NC)N(Cc1ccc(Cl)cc1)C(=O)CN(c1cc(OC)ccc1OC)S(=O)(=O)c1ccc(C)cc1. The highest BCUT2D eigenvalue weighted by Gasteiger charge is 2.34. The summed E-state index contributed by atoms with van der Waals surface area (Å²) in [7, 11) is 0.0988. The summed E-state index contributed by atoms with van der Waals surface area (Å²) < 4.78 is 39.9. The number of hydrogen-bond acceptors (Lipinski definition) is 6. The van der Waals surface area contributed by atoms with Gasteiger partial charge in [0.15, 0.2) is 0 Å². The highest BCUT2D eigenvalue weighted by molar-refractivity contribution is 7.92. The van der Waals surface area contributed by atoms with Crippen LogP contribution < -0.4 is 19.1 Å². The number of carbonyl (C=O) groups is 2. The summed E-state index contributed by atoms with van der Waals surface area (Å²) in [6.07, 6.45) is 0.312. The van der Waals surface area contributed by atoms with E-state index in [0.717, 1.165) is 15.4 Å². The number of anilines is 1. The monoisotopic (exact) mass is 587 g/mol. The molecule has 3 aromatic rings. The Morgan fingerprint density at radius 3 is 2.17 bits per heavy atom. The van der Waals surface area contributed by atoms with Crippen molar-refractivity contribution in [1.82, 2.24) is 10.2 Å². The van der Waals surface area contributed by atoms with E-state index < -0.39 is 28.5 Å². The van der Waals surface area contributed by atoms with Gasteiger partial charge in [0.25, 0.3) is 10.0 Å². The molecule has 2 amide bonds. The summed E-state index contributed by atoms with van der Waals surface area (Å²) in [5.74, 6) is -0.336. The lowest BCUT2D eigenvalue weighted by molar-refractivity contribution is -0.140. The highest BCUT2D eigenvalue weighted by atomic mass is 35.5. The second kappa shape index (κ2) is 13.5. The minimum atomic E-state index is -4.26. The van der Waals surface area contributed by atoms with Crippen LogP contribution in [0.1, 0.15) is 24.5 Å². The fraction of sp³-hybridized carbons (Fsp3) is 0.310. The van der Waals surface area contributed by atoms with Gasteiger partial charge in [-0.1, -0.05) is 48.4 Å². The molecule has 1 N–H and O–H groups in total. The largest absolute Gasteiger partial charge is 0.497 e. The van der Waals surface area contributed by atoms with Crippen LogP contribution >= 0.6 is 11.6 Å². The molecule has 11 heteroatoms. The minimum absolute atomic E-state index is 0.00151. The Hall–Kier alpha value is -3.76. The van der Waals surface area contributed by atoms with Crippen molar-refractivity contribution in [1.29, 1.82) is 0 Å². The topological polar surface area (TPSA) is 105 Å². The number of nitrogens with zero attached hydrogens (tertiary/aromatic N) is 2. The standard InChI is InChI=1S/C29H34ClN3O6S/c1-6-25(29(35)31-3)32(18-21-9-11-22(30)12-10-21)28(34)19-33(26-17-23(38-4)13-16-27(26)39-5)40(36,37)24-14-7-20(2)8-15-24/h7-17,25H,6,18-19H2,1-5H3,(H,31,35)/t25-/m0/s1. The maximum atomic E-state index is 14.1. The van der Waals surface area contributed by atoms with E-state index in [9.17, 15) is 18.0 Å². The van der Waals surface area contributed by atoms with Crippen molar-refractivity contribution in [3.8, 4) is 11.5 Å². The summed E-state index contributed by atoms with van der Waals surface area (Å²) in [4.78, 5) is 28.3. The van der Waals surface area contributed by atoms with Crippen LogP contribution in [0.4, 0.5) is 5.69 Å². The Morgan fingerprint density at radius 2 is 1.62 bits per heavy atom. The van der Waals surface area contributed by atoms with Gasteiger partial charge in [-0.2, -0.15) is 0 Å². The highest BCUT2D eigenvalue weighted by Crippen LogP contribution is 2.36. The number of rotatable bonds is 12. The van der Waals surface area contributed by atoms with Crippen LogP contribution in [0.25, 0.3) is 0 Å². The van der Waals surface area contributed by atoms with E-state index in [1.807, 2.05) is 6.92 Å². The van der Waals surface area contributed by atoms with Gasteiger partial charge in [0, 0.05) is 24.7 Å². The number of hydrogen-bond donors (Lipinski definition) is 1. The Balaban J connectivity index is 2.14. The smallest absolute Gasteiger partial charge is 0.264 e.